The zero-order valence-electron chi connectivity index (χ0n) is 14.1. The van der Waals surface area contributed by atoms with Crippen LogP contribution in [0.25, 0.3) is 0 Å². The van der Waals surface area contributed by atoms with E-state index in [2.05, 4.69) is 26.1 Å². The topological polar surface area (TPSA) is 47.6 Å². The van der Waals surface area contributed by atoms with Crippen molar-refractivity contribution in [3.05, 3.63) is 11.3 Å². The number of rotatable bonds is 0. The number of ether oxygens (including phenoxy) is 2. The largest absolute Gasteiger partial charge is 0.378 e. The van der Waals surface area contributed by atoms with Crippen LogP contribution in [-0.4, -0.2) is 30.8 Å². The number of Topliss-reactive ketones (excluding diaryl/α,β-unsaturated/α-hetero) is 1. The van der Waals surface area contributed by atoms with Gasteiger partial charge < -0.3 is 14.8 Å². The number of hydrogen-bond acceptors (Lipinski definition) is 4. The smallest absolute Gasteiger partial charge is 0.182 e. The van der Waals surface area contributed by atoms with E-state index in [0.717, 1.165) is 31.3 Å². The number of nitrogens with one attached hydrogen (secondary N) is 1. The number of ketones is 1. The first-order valence-corrected chi connectivity index (χ1v) is 8.64. The zero-order chi connectivity index (χ0) is 15.8. The van der Waals surface area contributed by atoms with E-state index in [-0.39, 0.29) is 16.9 Å². The maximum absolute atomic E-state index is 12.4. The van der Waals surface area contributed by atoms with E-state index >= 15 is 0 Å². The summed E-state index contributed by atoms with van der Waals surface area (Å²) >= 11 is 0. The SMILES string of the molecule is CC1NC2=C(CC[C@H]3C(C)(C)C4(CC[C@]23C)OCCO4)C1=O. The van der Waals surface area contributed by atoms with Gasteiger partial charge in [0.05, 0.1) is 19.3 Å². The fraction of sp³-hybridized carbons (Fsp3) is 0.833. The van der Waals surface area contributed by atoms with E-state index in [1.807, 2.05) is 6.92 Å². The molecule has 2 aliphatic carbocycles. The van der Waals surface area contributed by atoms with Crippen molar-refractivity contribution in [3.8, 4) is 0 Å². The molecule has 1 spiro atoms. The molecule has 122 valence electrons. The average molecular weight is 305 g/mol. The molecule has 2 heterocycles. The lowest BCUT2D eigenvalue weighted by Crippen LogP contribution is -2.60. The first-order valence-electron chi connectivity index (χ1n) is 8.64. The summed E-state index contributed by atoms with van der Waals surface area (Å²) in [5.74, 6) is 0.348. The highest BCUT2D eigenvalue weighted by Crippen LogP contribution is 2.64. The molecule has 0 bridgehead atoms. The molecule has 4 heteroatoms. The number of fused-ring (bicyclic) bond motifs is 2. The third-order valence-electron chi connectivity index (χ3n) is 6.96. The second kappa shape index (κ2) is 4.35. The maximum atomic E-state index is 12.4. The number of allylic oxidation sites excluding steroid dienone is 1. The normalized spacial score (nSPS) is 42.3. The molecule has 0 aromatic carbocycles. The summed E-state index contributed by atoms with van der Waals surface area (Å²) in [5, 5.41) is 3.51. The van der Waals surface area contributed by atoms with Crippen LogP contribution < -0.4 is 5.32 Å². The van der Waals surface area contributed by atoms with Crippen LogP contribution in [0.4, 0.5) is 0 Å². The minimum atomic E-state index is -0.427. The molecule has 4 aliphatic rings. The van der Waals surface area contributed by atoms with E-state index in [4.69, 9.17) is 9.47 Å². The van der Waals surface area contributed by atoms with Crippen molar-refractivity contribution in [2.24, 2.45) is 16.7 Å². The number of hydrogen-bond donors (Lipinski definition) is 1. The van der Waals surface area contributed by atoms with Crippen LogP contribution in [0.1, 0.15) is 53.4 Å². The van der Waals surface area contributed by atoms with E-state index in [1.54, 1.807) is 0 Å². The highest BCUT2D eigenvalue weighted by molar-refractivity contribution is 6.02. The van der Waals surface area contributed by atoms with Gasteiger partial charge in [-0.05, 0) is 32.1 Å². The van der Waals surface area contributed by atoms with Gasteiger partial charge in [-0.1, -0.05) is 20.8 Å². The first-order chi connectivity index (χ1) is 10.3. The summed E-state index contributed by atoms with van der Waals surface area (Å²) in [7, 11) is 0. The Morgan fingerprint density at radius 3 is 2.50 bits per heavy atom. The minimum Gasteiger partial charge on any atom is -0.378 e. The summed E-state index contributed by atoms with van der Waals surface area (Å²) in [6.45, 7) is 10.3. The van der Waals surface area contributed by atoms with E-state index < -0.39 is 5.79 Å². The highest BCUT2D eigenvalue weighted by Gasteiger charge is 2.64. The molecular formula is C18H27NO3. The van der Waals surface area contributed by atoms with Gasteiger partial charge in [0.2, 0.25) is 0 Å². The molecule has 0 aromatic rings. The Bertz CT molecular complexity index is 559. The first kappa shape index (κ1) is 14.7. The van der Waals surface area contributed by atoms with Gasteiger partial charge in [-0.25, -0.2) is 0 Å². The second-order valence-corrected chi connectivity index (χ2v) is 8.26. The maximum Gasteiger partial charge on any atom is 0.182 e. The summed E-state index contributed by atoms with van der Waals surface area (Å²) < 4.78 is 12.2. The van der Waals surface area contributed by atoms with Crippen molar-refractivity contribution in [2.45, 2.75) is 65.2 Å². The molecule has 2 aliphatic heterocycles. The predicted molar refractivity (Wildman–Crippen MR) is 83.1 cm³/mol. The third kappa shape index (κ3) is 1.58. The Kier molecular flexibility index (Phi) is 2.91. The molecule has 1 N–H and O–H groups in total. The van der Waals surface area contributed by atoms with Crippen LogP contribution in [0.2, 0.25) is 0 Å². The predicted octanol–water partition coefficient (Wildman–Crippen LogP) is 2.78. The average Bonchev–Trinajstić information content (AvgIpc) is 3.05. The van der Waals surface area contributed by atoms with Crippen LogP contribution in [0.3, 0.4) is 0 Å². The van der Waals surface area contributed by atoms with Crippen molar-refractivity contribution >= 4 is 5.78 Å². The minimum absolute atomic E-state index is 0.0397. The quantitative estimate of drug-likeness (QED) is 0.747. The molecule has 22 heavy (non-hydrogen) atoms. The van der Waals surface area contributed by atoms with Crippen LogP contribution in [-0.2, 0) is 14.3 Å². The molecule has 1 saturated carbocycles. The zero-order valence-corrected chi connectivity index (χ0v) is 14.1. The van der Waals surface area contributed by atoms with Crippen molar-refractivity contribution in [3.63, 3.8) is 0 Å². The van der Waals surface area contributed by atoms with Crippen molar-refractivity contribution < 1.29 is 14.3 Å². The summed E-state index contributed by atoms with van der Waals surface area (Å²) in [5.41, 5.74) is 2.28. The molecule has 2 fully saturated rings. The Morgan fingerprint density at radius 1 is 1.14 bits per heavy atom. The summed E-state index contributed by atoms with van der Waals surface area (Å²) in [4.78, 5) is 12.4. The van der Waals surface area contributed by atoms with Gasteiger partial charge in [0.15, 0.2) is 11.6 Å². The van der Waals surface area contributed by atoms with Gasteiger partial charge in [0.25, 0.3) is 0 Å². The number of carbonyl (C=O) groups is 1. The van der Waals surface area contributed by atoms with E-state index in [0.29, 0.717) is 24.9 Å². The Labute approximate surface area is 132 Å². The van der Waals surface area contributed by atoms with E-state index in [9.17, 15) is 4.79 Å². The van der Waals surface area contributed by atoms with Crippen LogP contribution >= 0.6 is 0 Å². The summed E-state index contributed by atoms with van der Waals surface area (Å²) in [6, 6.07) is -0.0569. The van der Waals surface area contributed by atoms with Crippen molar-refractivity contribution in [2.75, 3.05) is 13.2 Å². The molecule has 4 rings (SSSR count). The monoisotopic (exact) mass is 305 g/mol. The summed E-state index contributed by atoms with van der Waals surface area (Å²) in [6.07, 6.45) is 3.88. The standard InChI is InChI=1S/C18H27NO3/c1-11-14(20)12-5-6-13-16(2,3)18(21-9-10-22-18)8-7-17(13,4)15(12)19-11/h11,13,19H,5-10H2,1-4H3/t11?,13-,17-/m0/s1. The van der Waals surface area contributed by atoms with E-state index in [1.165, 1.54) is 5.70 Å². The lowest BCUT2D eigenvalue weighted by Gasteiger charge is -2.60. The highest BCUT2D eigenvalue weighted by atomic mass is 16.7. The Morgan fingerprint density at radius 2 is 1.82 bits per heavy atom. The molecule has 0 amide bonds. The van der Waals surface area contributed by atoms with Gasteiger partial charge in [0.1, 0.15) is 0 Å². The Hall–Kier alpha value is -0.870. The van der Waals surface area contributed by atoms with Gasteiger partial charge in [-0.15, -0.1) is 0 Å². The molecule has 3 atom stereocenters. The molecule has 4 nitrogen and oxygen atoms in total. The molecule has 0 radical (unpaired) electrons. The second-order valence-electron chi connectivity index (χ2n) is 8.26. The molecular weight excluding hydrogens is 278 g/mol. The van der Waals surface area contributed by atoms with Crippen molar-refractivity contribution in [1.29, 1.82) is 0 Å². The van der Waals surface area contributed by atoms with Gasteiger partial charge in [-0.3, -0.25) is 4.79 Å². The lowest BCUT2D eigenvalue weighted by molar-refractivity contribution is -0.281. The molecule has 1 saturated heterocycles. The van der Waals surface area contributed by atoms with Gasteiger partial charge >= 0.3 is 0 Å². The fourth-order valence-electron chi connectivity index (χ4n) is 5.73. The third-order valence-corrected chi connectivity index (χ3v) is 6.96. The molecule has 0 aromatic heterocycles. The number of carbonyl (C=O) groups excluding carboxylic acids is 1. The van der Waals surface area contributed by atoms with Crippen molar-refractivity contribution in [1.82, 2.24) is 5.32 Å². The van der Waals surface area contributed by atoms with Gasteiger partial charge in [0, 0.05) is 28.5 Å². The van der Waals surface area contributed by atoms with Crippen LogP contribution in [0.5, 0.6) is 0 Å². The van der Waals surface area contributed by atoms with Crippen LogP contribution in [0.15, 0.2) is 11.3 Å². The Balaban J connectivity index is 1.76. The fourth-order valence-corrected chi connectivity index (χ4v) is 5.73. The van der Waals surface area contributed by atoms with Gasteiger partial charge in [-0.2, -0.15) is 0 Å². The van der Waals surface area contributed by atoms with Crippen LogP contribution in [0, 0.1) is 16.7 Å². The lowest BCUT2D eigenvalue weighted by atomic mass is 9.49. The molecule has 1 unspecified atom stereocenters.